The van der Waals surface area contributed by atoms with Crippen LogP contribution < -0.4 is 10.3 Å². The van der Waals surface area contributed by atoms with Gasteiger partial charge in [0.15, 0.2) is 0 Å². The third-order valence-corrected chi connectivity index (χ3v) is 4.25. The fourth-order valence-electron chi connectivity index (χ4n) is 2.80. The molecule has 26 heavy (non-hydrogen) atoms. The van der Waals surface area contributed by atoms with E-state index < -0.39 is 0 Å². The van der Waals surface area contributed by atoms with Crippen molar-refractivity contribution >= 4 is 23.2 Å². The van der Waals surface area contributed by atoms with Crippen LogP contribution in [0, 0.1) is 0 Å². The molecule has 1 aromatic heterocycles. The Bertz CT molecular complexity index is 784. The molecule has 1 atom stereocenters. The quantitative estimate of drug-likeness (QED) is 0.862. The minimum atomic E-state index is -0.267. The zero-order valence-corrected chi connectivity index (χ0v) is 14.9. The van der Waals surface area contributed by atoms with Gasteiger partial charge in [0.1, 0.15) is 11.5 Å². The molecule has 1 aliphatic heterocycles. The molecule has 0 saturated carbocycles. The number of carbonyl (C=O) groups is 2. The molecule has 0 spiro atoms. The van der Waals surface area contributed by atoms with Gasteiger partial charge in [-0.3, -0.25) is 14.5 Å². The zero-order chi connectivity index (χ0) is 18.5. The van der Waals surface area contributed by atoms with Crippen LogP contribution in [-0.4, -0.2) is 43.1 Å². The Kier molecular flexibility index (Phi) is 5.48. The summed E-state index contributed by atoms with van der Waals surface area (Å²) in [5, 5.41) is 8.47. The zero-order valence-electron chi connectivity index (χ0n) is 14.9. The highest BCUT2D eigenvalue weighted by atomic mass is 16.3. The number of hydrazone groups is 1. The molecule has 7 heteroatoms. The number of nitrogens with one attached hydrogen (secondary N) is 1. The molecular formula is C19H22N4O3. The van der Waals surface area contributed by atoms with E-state index in [1.165, 1.54) is 5.01 Å². The van der Waals surface area contributed by atoms with Crippen molar-refractivity contribution in [2.24, 2.45) is 5.10 Å². The maximum absolute atomic E-state index is 12.5. The molecule has 0 aliphatic carbocycles. The monoisotopic (exact) mass is 354 g/mol. The van der Waals surface area contributed by atoms with Gasteiger partial charge in [0.25, 0.3) is 5.91 Å². The third-order valence-electron chi connectivity index (χ3n) is 4.25. The van der Waals surface area contributed by atoms with Gasteiger partial charge in [0.05, 0.1) is 18.0 Å². The highest BCUT2D eigenvalue weighted by Gasteiger charge is 2.26. The lowest BCUT2D eigenvalue weighted by Gasteiger charge is -2.25. The van der Waals surface area contributed by atoms with E-state index in [-0.39, 0.29) is 24.3 Å². The minimum absolute atomic E-state index is 0.0787. The van der Waals surface area contributed by atoms with Crippen molar-refractivity contribution in [3.8, 4) is 0 Å². The van der Waals surface area contributed by atoms with Gasteiger partial charge in [0.2, 0.25) is 5.91 Å². The highest BCUT2D eigenvalue weighted by molar-refractivity contribution is 6.40. The fraction of sp³-hybridized carbons (Fsp3) is 0.316. The van der Waals surface area contributed by atoms with Crippen LogP contribution in [0.25, 0.3) is 0 Å². The first-order chi connectivity index (χ1) is 12.6. The Morgan fingerprint density at radius 2 is 2.00 bits per heavy atom. The van der Waals surface area contributed by atoms with E-state index in [1.807, 2.05) is 49.3 Å². The summed E-state index contributed by atoms with van der Waals surface area (Å²) >= 11 is 0. The third kappa shape index (κ3) is 4.00. The number of amides is 2. The van der Waals surface area contributed by atoms with Crippen molar-refractivity contribution in [1.29, 1.82) is 0 Å². The first-order valence-corrected chi connectivity index (χ1v) is 8.50. The number of rotatable bonds is 6. The number of hydrogen-bond donors (Lipinski definition) is 1. The Morgan fingerprint density at radius 3 is 2.65 bits per heavy atom. The SMILES string of the molecule is CN(C)[C@H](CNC(=O)C1=NN(c2ccccc2)C(=O)CC1)c1ccco1. The van der Waals surface area contributed by atoms with Crippen LogP contribution >= 0.6 is 0 Å². The normalized spacial score (nSPS) is 15.7. The van der Waals surface area contributed by atoms with Crippen LogP contribution in [0.4, 0.5) is 5.69 Å². The first-order valence-electron chi connectivity index (χ1n) is 8.50. The smallest absolute Gasteiger partial charge is 0.267 e. The van der Waals surface area contributed by atoms with Crippen LogP contribution in [0.2, 0.25) is 0 Å². The minimum Gasteiger partial charge on any atom is -0.468 e. The lowest BCUT2D eigenvalue weighted by atomic mass is 10.1. The Balaban J connectivity index is 1.70. The van der Waals surface area contributed by atoms with Gasteiger partial charge in [-0.25, -0.2) is 5.01 Å². The van der Waals surface area contributed by atoms with Gasteiger partial charge in [0, 0.05) is 19.4 Å². The molecule has 0 bridgehead atoms. The highest BCUT2D eigenvalue weighted by Crippen LogP contribution is 2.20. The van der Waals surface area contributed by atoms with Gasteiger partial charge in [-0.15, -0.1) is 0 Å². The molecular weight excluding hydrogens is 332 g/mol. The standard InChI is InChI=1S/C19H22N4O3/c1-22(2)16(17-9-6-12-26-17)13-20-19(25)15-10-11-18(24)23(21-15)14-7-4-3-5-8-14/h3-9,12,16H,10-11,13H2,1-2H3,(H,20,25)/t16-/m1/s1. The summed E-state index contributed by atoms with van der Waals surface area (Å²) in [6.07, 6.45) is 2.21. The molecule has 0 saturated heterocycles. The molecule has 2 amide bonds. The predicted molar refractivity (Wildman–Crippen MR) is 98.7 cm³/mol. The van der Waals surface area contributed by atoms with Crippen molar-refractivity contribution in [3.63, 3.8) is 0 Å². The second-order valence-electron chi connectivity index (χ2n) is 6.29. The van der Waals surface area contributed by atoms with E-state index in [1.54, 1.807) is 18.4 Å². The molecule has 0 radical (unpaired) electrons. The fourth-order valence-corrected chi connectivity index (χ4v) is 2.80. The summed E-state index contributed by atoms with van der Waals surface area (Å²) < 4.78 is 5.45. The molecule has 3 rings (SSSR count). The maximum Gasteiger partial charge on any atom is 0.267 e. The number of hydrogen-bond acceptors (Lipinski definition) is 5. The van der Waals surface area contributed by atoms with Crippen LogP contribution in [0.3, 0.4) is 0 Å². The van der Waals surface area contributed by atoms with Crippen molar-refractivity contribution in [1.82, 2.24) is 10.2 Å². The number of carbonyl (C=O) groups excluding carboxylic acids is 2. The van der Waals surface area contributed by atoms with Gasteiger partial charge < -0.3 is 9.73 Å². The van der Waals surface area contributed by atoms with Gasteiger partial charge in [-0.1, -0.05) is 18.2 Å². The average molecular weight is 354 g/mol. The van der Waals surface area contributed by atoms with Gasteiger partial charge in [-0.05, 0) is 38.4 Å². The summed E-state index contributed by atoms with van der Waals surface area (Å²) in [4.78, 5) is 26.7. The van der Waals surface area contributed by atoms with Crippen LogP contribution in [-0.2, 0) is 9.59 Å². The van der Waals surface area contributed by atoms with E-state index in [0.717, 1.165) is 5.76 Å². The van der Waals surface area contributed by atoms with Crippen molar-refractivity contribution in [3.05, 3.63) is 54.5 Å². The van der Waals surface area contributed by atoms with Crippen LogP contribution in [0.1, 0.15) is 24.6 Å². The molecule has 1 aliphatic rings. The van der Waals surface area contributed by atoms with Crippen LogP contribution in [0.15, 0.2) is 58.2 Å². The second-order valence-corrected chi connectivity index (χ2v) is 6.29. The van der Waals surface area contributed by atoms with E-state index >= 15 is 0 Å². The molecule has 7 nitrogen and oxygen atoms in total. The van der Waals surface area contributed by atoms with Crippen molar-refractivity contribution in [2.45, 2.75) is 18.9 Å². The summed E-state index contributed by atoms with van der Waals surface area (Å²) in [7, 11) is 3.85. The summed E-state index contributed by atoms with van der Waals surface area (Å²) in [5.74, 6) is 0.397. The molecule has 0 fully saturated rings. The Hall–Kier alpha value is -2.93. The summed E-state index contributed by atoms with van der Waals surface area (Å²) in [5.41, 5.74) is 1.01. The van der Waals surface area contributed by atoms with E-state index in [4.69, 9.17) is 4.42 Å². The molecule has 2 heterocycles. The van der Waals surface area contributed by atoms with Crippen LogP contribution in [0.5, 0.6) is 0 Å². The molecule has 1 N–H and O–H groups in total. The number of anilines is 1. The molecule has 1 aromatic carbocycles. The van der Waals surface area contributed by atoms with Gasteiger partial charge in [-0.2, -0.15) is 5.10 Å². The number of benzene rings is 1. The maximum atomic E-state index is 12.5. The Morgan fingerprint density at radius 1 is 1.23 bits per heavy atom. The summed E-state index contributed by atoms with van der Waals surface area (Å²) in [6, 6.07) is 12.7. The number of nitrogens with zero attached hydrogens (tertiary/aromatic N) is 3. The lowest BCUT2D eigenvalue weighted by Crippen LogP contribution is -2.41. The van der Waals surface area contributed by atoms with Gasteiger partial charge >= 0.3 is 0 Å². The van der Waals surface area contributed by atoms with E-state index in [2.05, 4.69) is 10.4 Å². The number of furan rings is 1. The molecule has 136 valence electrons. The predicted octanol–water partition coefficient (Wildman–Crippen LogP) is 2.18. The average Bonchev–Trinajstić information content (AvgIpc) is 3.17. The number of para-hydroxylation sites is 1. The van der Waals surface area contributed by atoms with Crippen molar-refractivity contribution < 1.29 is 14.0 Å². The lowest BCUT2D eigenvalue weighted by molar-refractivity contribution is -0.119. The molecule has 0 unspecified atom stereocenters. The first kappa shape index (κ1) is 17.9. The summed E-state index contributed by atoms with van der Waals surface area (Å²) in [6.45, 7) is 0.387. The number of likely N-dealkylation sites (N-methyl/N-ethyl adjacent to an activating group) is 1. The van der Waals surface area contributed by atoms with Crippen molar-refractivity contribution in [2.75, 3.05) is 25.6 Å². The second kappa shape index (κ2) is 7.97. The molecule has 2 aromatic rings. The topological polar surface area (TPSA) is 78.2 Å². The van der Waals surface area contributed by atoms with E-state index in [9.17, 15) is 9.59 Å². The largest absolute Gasteiger partial charge is 0.468 e. The Labute approximate surface area is 152 Å². The van der Waals surface area contributed by atoms with E-state index in [0.29, 0.717) is 24.4 Å².